The molecule has 0 saturated heterocycles. The minimum absolute atomic E-state index is 0. The van der Waals surface area contributed by atoms with E-state index in [0.717, 1.165) is 11.5 Å². The van der Waals surface area contributed by atoms with Gasteiger partial charge in [-0.3, -0.25) is 0 Å². The summed E-state index contributed by atoms with van der Waals surface area (Å²) in [5.41, 5.74) is 0. The van der Waals surface area contributed by atoms with Crippen molar-refractivity contribution in [3.63, 3.8) is 0 Å². The molecule has 0 amide bonds. The van der Waals surface area contributed by atoms with Gasteiger partial charge in [-0.25, -0.2) is 0 Å². The average molecular weight is 603 g/mol. The van der Waals surface area contributed by atoms with Gasteiger partial charge in [0.25, 0.3) is 0 Å². The topological polar surface area (TPSA) is 0 Å². The zero-order chi connectivity index (χ0) is 19.6. The first-order valence-electron chi connectivity index (χ1n) is 12.0. The zero-order valence-electron chi connectivity index (χ0n) is 19.1. The summed E-state index contributed by atoms with van der Waals surface area (Å²) in [6.07, 6.45) is 28.1. The van der Waals surface area contributed by atoms with Crippen molar-refractivity contribution in [3.05, 3.63) is 0 Å². The van der Waals surface area contributed by atoms with Gasteiger partial charge in [-0.05, 0) is 0 Å². The standard InChI is InChI=1S/2C12H26S.Hg/c2*1-2-3-4-5-6-7-8-9-10-11-12-13;/h2*13H,2-12H2,1H3;/q;;+2/p-2. The summed E-state index contributed by atoms with van der Waals surface area (Å²) >= 11 is 9.80. The smallest absolute Gasteiger partial charge is 0.793 e. The molecule has 0 nitrogen and oxygen atoms in total. The quantitative estimate of drug-likeness (QED) is 0.0775. The van der Waals surface area contributed by atoms with Crippen molar-refractivity contribution in [2.45, 2.75) is 142 Å². The fourth-order valence-electron chi connectivity index (χ4n) is 3.18. The van der Waals surface area contributed by atoms with Gasteiger partial charge in [-0.15, -0.1) is 0 Å². The van der Waals surface area contributed by atoms with Crippen LogP contribution in [0.15, 0.2) is 0 Å². The van der Waals surface area contributed by atoms with Gasteiger partial charge in [0.05, 0.1) is 0 Å². The van der Waals surface area contributed by atoms with E-state index in [4.69, 9.17) is 25.3 Å². The normalized spacial score (nSPS) is 10.2. The Bertz CT molecular complexity index is 171. The molecule has 0 spiro atoms. The van der Waals surface area contributed by atoms with E-state index >= 15 is 0 Å². The fourth-order valence-corrected chi connectivity index (χ4v) is 3.59. The second-order valence-electron chi connectivity index (χ2n) is 7.77. The maximum Gasteiger partial charge on any atom is 2.00 e. The van der Waals surface area contributed by atoms with Crippen molar-refractivity contribution >= 4 is 25.3 Å². The maximum absolute atomic E-state index is 4.90. The van der Waals surface area contributed by atoms with Crippen molar-refractivity contribution in [2.24, 2.45) is 0 Å². The van der Waals surface area contributed by atoms with Crippen LogP contribution in [0.2, 0.25) is 0 Å². The van der Waals surface area contributed by atoms with Crippen molar-refractivity contribution in [1.29, 1.82) is 0 Å². The van der Waals surface area contributed by atoms with Crippen LogP contribution in [0.4, 0.5) is 0 Å². The summed E-state index contributed by atoms with van der Waals surface area (Å²) < 4.78 is 0. The Hall–Kier alpha value is 1.64. The first-order chi connectivity index (χ1) is 12.8. The van der Waals surface area contributed by atoms with Gasteiger partial charge in [0.1, 0.15) is 0 Å². The van der Waals surface area contributed by atoms with Crippen LogP contribution in [-0.4, -0.2) is 11.5 Å². The monoisotopic (exact) mass is 604 g/mol. The van der Waals surface area contributed by atoms with Crippen molar-refractivity contribution < 1.29 is 27.7 Å². The van der Waals surface area contributed by atoms with Crippen molar-refractivity contribution in [1.82, 2.24) is 0 Å². The summed E-state index contributed by atoms with van der Waals surface area (Å²) in [6, 6.07) is 0. The molecule has 0 saturated carbocycles. The van der Waals surface area contributed by atoms with Crippen LogP contribution in [0.5, 0.6) is 0 Å². The Morgan fingerprint density at radius 2 is 0.519 bits per heavy atom. The molecule has 160 valence electrons. The molecule has 0 aromatic carbocycles. The van der Waals surface area contributed by atoms with E-state index in [9.17, 15) is 0 Å². The predicted octanol–water partition coefficient (Wildman–Crippen LogP) is 8.91. The van der Waals surface area contributed by atoms with Crippen LogP contribution in [0.1, 0.15) is 142 Å². The van der Waals surface area contributed by atoms with Crippen LogP contribution in [0, 0.1) is 0 Å². The third-order valence-electron chi connectivity index (χ3n) is 5.00. The molecule has 0 aliphatic heterocycles. The molecular weight excluding hydrogens is 553 g/mol. The van der Waals surface area contributed by atoms with E-state index in [0.29, 0.717) is 0 Å². The SMILES string of the molecule is CCCCCCCCCCCC[S-].CCCCCCCCCCCC[S-].[Hg+2]. The van der Waals surface area contributed by atoms with E-state index in [1.807, 2.05) is 0 Å². The van der Waals surface area contributed by atoms with Crippen LogP contribution in [0.25, 0.3) is 0 Å². The van der Waals surface area contributed by atoms with Crippen LogP contribution in [0.3, 0.4) is 0 Å². The molecule has 27 heavy (non-hydrogen) atoms. The first-order valence-corrected chi connectivity index (χ1v) is 13.1. The summed E-state index contributed by atoms with van der Waals surface area (Å²) in [5.74, 6) is 1.91. The van der Waals surface area contributed by atoms with E-state index < -0.39 is 0 Å². The van der Waals surface area contributed by atoms with Gasteiger partial charge < -0.3 is 25.3 Å². The third-order valence-corrected chi connectivity index (χ3v) is 5.57. The van der Waals surface area contributed by atoms with Gasteiger partial charge in [-0.1, -0.05) is 142 Å². The number of hydrogen-bond donors (Lipinski definition) is 0. The second-order valence-corrected chi connectivity index (χ2v) is 8.59. The molecule has 3 heteroatoms. The minimum Gasteiger partial charge on any atom is -0.793 e. The molecule has 0 aliphatic rings. The van der Waals surface area contributed by atoms with E-state index in [-0.39, 0.29) is 27.7 Å². The van der Waals surface area contributed by atoms with E-state index in [1.54, 1.807) is 0 Å². The Balaban J connectivity index is -0.000000411. The van der Waals surface area contributed by atoms with Gasteiger partial charge in [0.15, 0.2) is 0 Å². The van der Waals surface area contributed by atoms with Gasteiger partial charge in [0.2, 0.25) is 0 Å². The Kier molecular flexibility index (Phi) is 43.3. The first kappa shape index (κ1) is 33.3. The Morgan fingerprint density at radius 3 is 0.704 bits per heavy atom. The van der Waals surface area contributed by atoms with Gasteiger partial charge in [-0.2, -0.15) is 11.5 Å². The largest absolute Gasteiger partial charge is 2.00 e. The molecule has 0 heterocycles. The molecule has 0 rings (SSSR count). The maximum atomic E-state index is 4.90. The molecule has 0 aromatic rings. The molecule has 0 N–H and O–H groups in total. The molecule has 0 unspecified atom stereocenters. The molecule has 0 fully saturated rings. The van der Waals surface area contributed by atoms with Gasteiger partial charge in [0, 0.05) is 0 Å². The van der Waals surface area contributed by atoms with E-state index in [1.165, 1.54) is 128 Å². The number of unbranched alkanes of at least 4 members (excludes halogenated alkanes) is 18. The minimum atomic E-state index is 0. The number of hydrogen-bond acceptors (Lipinski definition) is 2. The van der Waals surface area contributed by atoms with Gasteiger partial charge >= 0.3 is 27.7 Å². The molecule has 0 radical (unpaired) electrons. The van der Waals surface area contributed by atoms with Crippen LogP contribution < -0.4 is 0 Å². The zero-order valence-corrected chi connectivity index (χ0v) is 26.2. The van der Waals surface area contributed by atoms with Crippen molar-refractivity contribution in [2.75, 3.05) is 11.5 Å². The summed E-state index contributed by atoms with van der Waals surface area (Å²) in [7, 11) is 0. The van der Waals surface area contributed by atoms with Crippen LogP contribution in [-0.2, 0) is 52.9 Å². The average Bonchev–Trinajstić information content (AvgIpc) is 2.66. The Morgan fingerprint density at radius 1 is 0.333 bits per heavy atom. The Labute approximate surface area is 205 Å². The fraction of sp³-hybridized carbons (Fsp3) is 1.00. The van der Waals surface area contributed by atoms with Crippen LogP contribution >= 0.6 is 0 Å². The summed E-state index contributed by atoms with van der Waals surface area (Å²) in [5, 5.41) is 0. The van der Waals surface area contributed by atoms with Crippen molar-refractivity contribution in [3.8, 4) is 0 Å². The molecular formula is C24H50HgS2. The molecule has 0 atom stereocenters. The number of rotatable bonds is 20. The predicted molar refractivity (Wildman–Crippen MR) is 128 cm³/mol. The second kappa shape index (κ2) is 35.1. The molecule has 0 bridgehead atoms. The third kappa shape index (κ3) is 38.8. The summed E-state index contributed by atoms with van der Waals surface area (Å²) in [4.78, 5) is 0. The summed E-state index contributed by atoms with van der Waals surface area (Å²) in [6.45, 7) is 4.55. The molecule has 0 aliphatic carbocycles. The molecule has 0 aromatic heterocycles. The van der Waals surface area contributed by atoms with E-state index in [2.05, 4.69) is 13.8 Å².